The highest BCUT2D eigenvalue weighted by atomic mass is 16.3. The number of aliphatic hydroxyl groups is 1. The molecule has 1 rings (SSSR count). The van der Waals surface area contributed by atoms with Crippen molar-refractivity contribution in [2.45, 2.75) is 32.4 Å². The number of rotatable bonds is 4. The Morgan fingerprint density at radius 1 is 1.58 bits per heavy atom. The molecule has 5 nitrogen and oxygen atoms in total. The molecule has 12 heavy (non-hydrogen) atoms. The van der Waals surface area contributed by atoms with Gasteiger partial charge in [-0.1, -0.05) is 25.0 Å². The lowest BCUT2D eigenvalue weighted by Gasteiger charge is -2.08. The van der Waals surface area contributed by atoms with Crippen LogP contribution in [0.1, 0.15) is 26.2 Å². The van der Waals surface area contributed by atoms with E-state index in [1.165, 1.54) is 5.01 Å². The number of hydrogen-bond acceptors (Lipinski definition) is 4. The summed E-state index contributed by atoms with van der Waals surface area (Å²) in [5, 5.41) is 17.0. The van der Waals surface area contributed by atoms with Crippen molar-refractivity contribution in [1.29, 1.82) is 0 Å². The van der Waals surface area contributed by atoms with Gasteiger partial charge in [-0.25, -0.2) is 5.01 Å². The van der Waals surface area contributed by atoms with E-state index in [2.05, 4.69) is 17.3 Å². The maximum atomic E-state index is 11.0. The van der Waals surface area contributed by atoms with Crippen LogP contribution in [0.15, 0.2) is 10.3 Å². The molecule has 1 unspecified atom stereocenters. The van der Waals surface area contributed by atoms with Crippen LogP contribution in [-0.2, 0) is 4.79 Å². The lowest BCUT2D eigenvalue weighted by molar-refractivity contribution is -0.136. The molecule has 0 fully saturated rings. The standard InChI is InChI=1S/C7H13N3O2/c1-2-3-4-5-10-7(12)6(11)8-9-10/h6,11H,2-5H2,1H3. The predicted molar refractivity (Wildman–Crippen MR) is 42.1 cm³/mol. The first kappa shape index (κ1) is 9.12. The molecule has 1 heterocycles. The van der Waals surface area contributed by atoms with Gasteiger partial charge in [0.15, 0.2) is 0 Å². The topological polar surface area (TPSA) is 65.3 Å². The van der Waals surface area contributed by atoms with E-state index in [0.717, 1.165) is 19.3 Å². The van der Waals surface area contributed by atoms with Crippen molar-refractivity contribution >= 4 is 5.91 Å². The number of carbonyl (C=O) groups excluding carboxylic acids is 1. The SMILES string of the molecule is CCCCCN1N=NC(O)C1=O. The molecule has 1 aliphatic rings. The van der Waals surface area contributed by atoms with Crippen molar-refractivity contribution in [3.63, 3.8) is 0 Å². The summed E-state index contributed by atoms with van der Waals surface area (Å²) in [5.74, 6) is -0.411. The summed E-state index contributed by atoms with van der Waals surface area (Å²) in [4.78, 5) is 11.0. The van der Waals surface area contributed by atoms with Crippen molar-refractivity contribution in [2.24, 2.45) is 10.3 Å². The number of nitrogens with zero attached hydrogens (tertiary/aromatic N) is 3. The molecular formula is C7H13N3O2. The third kappa shape index (κ3) is 2.01. The quantitative estimate of drug-likeness (QED) is 0.633. The van der Waals surface area contributed by atoms with E-state index in [-0.39, 0.29) is 0 Å². The zero-order chi connectivity index (χ0) is 8.97. The minimum Gasteiger partial charge on any atom is -0.363 e. The van der Waals surface area contributed by atoms with Gasteiger partial charge >= 0.3 is 0 Å². The Bertz CT molecular complexity index is 193. The van der Waals surface area contributed by atoms with Crippen LogP contribution in [0.2, 0.25) is 0 Å². The molecule has 1 atom stereocenters. The van der Waals surface area contributed by atoms with Gasteiger partial charge in [-0.2, -0.15) is 0 Å². The van der Waals surface area contributed by atoms with Gasteiger partial charge in [-0.05, 0) is 6.42 Å². The molecule has 1 aliphatic heterocycles. The zero-order valence-corrected chi connectivity index (χ0v) is 7.10. The second kappa shape index (κ2) is 4.15. The Morgan fingerprint density at radius 2 is 2.33 bits per heavy atom. The van der Waals surface area contributed by atoms with Crippen molar-refractivity contribution in [3.05, 3.63) is 0 Å². The first-order valence-electron chi connectivity index (χ1n) is 4.16. The Hall–Kier alpha value is -0.970. The summed E-state index contributed by atoms with van der Waals surface area (Å²) < 4.78 is 0. The molecule has 0 spiro atoms. The highest BCUT2D eigenvalue weighted by molar-refractivity contribution is 5.81. The fourth-order valence-electron chi connectivity index (χ4n) is 1.00. The molecule has 0 aromatic rings. The lowest BCUT2D eigenvalue weighted by Crippen LogP contribution is -2.29. The molecular weight excluding hydrogens is 158 g/mol. The minimum atomic E-state index is -1.26. The lowest BCUT2D eigenvalue weighted by atomic mass is 10.2. The van der Waals surface area contributed by atoms with Crippen LogP contribution in [0.3, 0.4) is 0 Å². The molecule has 0 aliphatic carbocycles. The van der Waals surface area contributed by atoms with E-state index in [9.17, 15) is 4.79 Å². The van der Waals surface area contributed by atoms with E-state index in [0.29, 0.717) is 6.54 Å². The van der Waals surface area contributed by atoms with Crippen LogP contribution in [-0.4, -0.2) is 28.8 Å². The molecule has 0 aromatic heterocycles. The average molecular weight is 171 g/mol. The summed E-state index contributed by atoms with van der Waals surface area (Å²) in [7, 11) is 0. The molecule has 68 valence electrons. The van der Waals surface area contributed by atoms with Crippen molar-refractivity contribution < 1.29 is 9.90 Å². The number of aliphatic hydroxyl groups excluding tert-OH is 1. The van der Waals surface area contributed by atoms with Crippen molar-refractivity contribution in [2.75, 3.05) is 6.54 Å². The van der Waals surface area contributed by atoms with Crippen LogP contribution < -0.4 is 0 Å². The Kier molecular flexibility index (Phi) is 3.16. The van der Waals surface area contributed by atoms with Gasteiger partial charge in [0.1, 0.15) is 0 Å². The van der Waals surface area contributed by atoms with E-state index in [1.54, 1.807) is 0 Å². The van der Waals surface area contributed by atoms with Crippen LogP contribution in [0.4, 0.5) is 0 Å². The van der Waals surface area contributed by atoms with Crippen LogP contribution >= 0.6 is 0 Å². The van der Waals surface area contributed by atoms with Crippen LogP contribution in [0.25, 0.3) is 0 Å². The summed E-state index contributed by atoms with van der Waals surface area (Å²) in [6, 6.07) is 0. The van der Waals surface area contributed by atoms with E-state index < -0.39 is 12.1 Å². The first-order valence-corrected chi connectivity index (χ1v) is 4.16. The van der Waals surface area contributed by atoms with Crippen LogP contribution in [0, 0.1) is 0 Å². The largest absolute Gasteiger partial charge is 0.363 e. The smallest absolute Gasteiger partial charge is 0.297 e. The van der Waals surface area contributed by atoms with Crippen molar-refractivity contribution in [1.82, 2.24) is 5.01 Å². The Morgan fingerprint density at radius 3 is 2.83 bits per heavy atom. The van der Waals surface area contributed by atoms with Gasteiger partial charge in [0.2, 0.25) is 6.23 Å². The number of unbranched alkanes of at least 4 members (excludes halogenated alkanes) is 2. The zero-order valence-electron chi connectivity index (χ0n) is 7.10. The second-order valence-corrected chi connectivity index (χ2v) is 2.75. The molecule has 0 bridgehead atoms. The van der Waals surface area contributed by atoms with Gasteiger partial charge in [0, 0.05) is 6.54 Å². The monoisotopic (exact) mass is 171 g/mol. The van der Waals surface area contributed by atoms with Gasteiger partial charge in [0.05, 0.1) is 0 Å². The van der Waals surface area contributed by atoms with Gasteiger partial charge in [-0.15, -0.1) is 5.11 Å². The highest BCUT2D eigenvalue weighted by Crippen LogP contribution is 2.09. The predicted octanol–water partition coefficient (Wildman–Crippen LogP) is 0.704. The fourth-order valence-corrected chi connectivity index (χ4v) is 1.00. The molecule has 0 aromatic carbocycles. The summed E-state index contributed by atoms with van der Waals surface area (Å²) in [6.45, 7) is 2.65. The minimum absolute atomic E-state index is 0.411. The van der Waals surface area contributed by atoms with Gasteiger partial charge in [0.25, 0.3) is 5.91 Å². The highest BCUT2D eigenvalue weighted by Gasteiger charge is 2.27. The van der Waals surface area contributed by atoms with E-state index in [1.807, 2.05) is 0 Å². The van der Waals surface area contributed by atoms with Gasteiger partial charge < -0.3 is 5.11 Å². The number of carbonyl (C=O) groups is 1. The van der Waals surface area contributed by atoms with E-state index >= 15 is 0 Å². The third-order valence-electron chi connectivity index (χ3n) is 1.72. The van der Waals surface area contributed by atoms with Crippen LogP contribution in [0.5, 0.6) is 0 Å². The first-order chi connectivity index (χ1) is 5.75. The van der Waals surface area contributed by atoms with Gasteiger partial charge in [-0.3, -0.25) is 4.79 Å². The fraction of sp³-hybridized carbons (Fsp3) is 0.857. The molecule has 0 radical (unpaired) electrons. The maximum Gasteiger partial charge on any atom is 0.297 e. The average Bonchev–Trinajstić information content (AvgIpc) is 2.36. The van der Waals surface area contributed by atoms with E-state index in [4.69, 9.17) is 5.11 Å². The second-order valence-electron chi connectivity index (χ2n) is 2.75. The third-order valence-corrected chi connectivity index (χ3v) is 1.72. The number of amides is 1. The molecule has 1 amide bonds. The normalized spacial score (nSPS) is 22.3. The molecule has 0 saturated heterocycles. The Balaban J connectivity index is 2.25. The maximum absolute atomic E-state index is 11.0. The summed E-state index contributed by atoms with van der Waals surface area (Å²) in [5.41, 5.74) is 0. The summed E-state index contributed by atoms with van der Waals surface area (Å²) in [6.07, 6.45) is 1.82. The molecule has 5 heteroatoms. The molecule has 1 N–H and O–H groups in total. The number of hydrogen-bond donors (Lipinski definition) is 1. The summed E-state index contributed by atoms with van der Waals surface area (Å²) >= 11 is 0. The Labute approximate surface area is 71.1 Å². The van der Waals surface area contributed by atoms with Crippen molar-refractivity contribution in [3.8, 4) is 0 Å². The molecule has 0 saturated carbocycles.